The van der Waals surface area contributed by atoms with E-state index >= 15 is 0 Å². The van der Waals surface area contributed by atoms with Crippen LogP contribution in [-0.4, -0.2) is 22.5 Å². The Morgan fingerprint density at radius 1 is 1.04 bits per heavy atom. The first-order valence-corrected chi connectivity index (χ1v) is 8.86. The number of halogens is 3. The molecule has 1 N–H and O–H groups in total. The zero-order chi connectivity index (χ0) is 20.5. The van der Waals surface area contributed by atoms with Crippen LogP contribution in [0, 0.1) is 22.7 Å². The second kappa shape index (κ2) is 7.41. The van der Waals surface area contributed by atoms with Crippen molar-refractivity contribution in [1.29, 1.82) is 10.5 Å². The molecule has 2 atom stereocenters. The molecule has 8 heteroatoms. The molecule has 3 rings (SSSR count). The van der Waals surface area contributed by atoms with Gasteiger partial charge in [-0.05, 0) is 22.8 Å². The minimum atomic E-state index is -4.79. The zero-order valence-electron chi connectivity index (χ0n) is 14.1. The Balaban J connectivity index is 2.06. The quantitative estimate of drug-likeness (QED) is 0.796. The van der Waals surface area contributed by atoms with Crippen LogP contribution in [0.25, 0.3) is 11.1 Å². The Labute approximate surface area is 162 Å². The minimum Gasteiger partial charge on any atom is -0.480 e. The van der Waals surface area contributed by atoms with Crippen molar-refractivity contribution in [2.75, 3.05) is 0 Å². The van der Waals surface area contributed by atoms with E-state index in [1.165, 1.54) is 12.1 Å². The molecule has 1 aliphatic heterocycles. The smallest absolute Gasteiger partial charge is 0.423 e. The van der Waals surface area contributed by atoms with Gasteiger partial charge in [-0.3, -0.25) is 4.79 Å². The molecule has 0 saturated heterocycles. The number of alkyl halides is 3. The van der Waals surface area contributed by atoms with E-state index in [1.807, 2.05) is 0 Å². The lowest BCUT2D eigenvalue weighted by molar-refractivity contribution is -0.136. The van der Waals surface area contributed by atoms with Gasteiger partial charge in [0.2, 0.25) is 0 Å². The van der Waals surface area contributed by atoms with Crippen LogP contribution in [0.5, 0.6) is 0 Å². The fourth-order valence-corrected chi connectivity index (χ4v) is 4.34. The van der Waals surface area contributed by atoms with E-state index in [0.717, 1.165) is 0 Å². The summed E-state index contributed by atoms with van der Waals surface area (Å²) in [6.07, 6.45) is -4.79. The molecular formula is C20H11F3N2O2S. The fraction of sp³-hybridized carbons (Fsp3) is 0.150. The highest BCUT2D eigenvalue weighted by Gasteiger charge is 2.50. The van der Waals surface area contributed by atoms with Crippen molar-refractivity contribution in [1.82, 2.24) is 0 Å². The molecule has 0 amide bonds. The summed E-state index contributed by atoms with van der Waals surface area (Å²) < 4.78 is 39.7. The molecule has 0 aliphatic carbocycles. The Morgan fingerprint density at radius 2 is 1.68 bits per heavy atom. The lowest BCUT2D eigenvalue weighted by Crippen LogP contribution is -2.22. The summed E-state index contributed by atoms with van der Waals surface area (Å²) in [6.45, 7) is 0. The first-order valence-electron chi connectivity index (χ1n) is 7.98. The van der Waals surface area contributed by atoms with Gasteiger partial charge in [-0.2, -0.15) is 23.7 Å². The molecule has 2 aromatic rings. The molecule has 0 saturated carbocycles. The monoisotopic (exact) mass is 400 g/mol. The maximum Gasteiger partial charge on any atom is 0.423 e. The summed E-state index contributed by atoms with van der Waals surface area (Å²) in [7, 11) is 0. The van der Waals surface area contributed by atoms with Crippen LogP contribution in [0.4, 0.5) is 13.2 Å². The number of benzene rings is 2. The first kappa shape index (κ1) is 19.5. The maximum absolute atomic E-state index is 13.2. The highest BCUT2D eigenvalue weighted by atomic mass is 32.2. The standard InChI is InChI=1S/C20H11F3N2O2S/c21-20(22,23)18-15(10-25)16(17(28-18)19(26)27)12-7-5-11(6-8-12)14-4-2-1-3-13(14)9-24/h1-8,16-17H,(H,26,27). The number of hydrogen-bond acceptors (Lipinski definition) is 4. The summed E-state index contributed by atoms with van der Waals surface area (Å²) in [5.74, 6) is -2.62. The number of carbonyl (C=O) groups is 1. The number of thioether (sulfide) groups is 1. The number of rotatable bonds is 3. The van der Waals surface area contributed by atoms with Gasteiger partial charge in [-0.1, -0.05) is 42.5 Å². The van der Waals surface area contributed by atoms with Gasteiger partial charge in [0, 0.05) is 5.92 Å². The van der Waals surface area contributed by atoms with Crippen LogP contribution < -0.4 is 0 Å². The molecule has 28 heavy (non-hydrogen) atoms. The molecule has 140 valence electrons. The van der Waals surface area contributed by atoms with Crippen molar-refractivity contribution in [3.63, 3.8) is 0 Å². The van der Waals surface area contributed by atoms with Crippen molar-refractivity contribution in [2.45, 2.75) is 17.3 Å². The fourth-order valence-electron chi connectivity index (χ4n) is 3.13. The lowest BCUT2D eigenvalue weighted by atomic mass is 9.87. The van der Waals surface area contributed by atoms with Gasteiger partial charge < -0.3 is 5.11 Å². The van der Waals surface area contributed by atoms with E-state index in [0.29, 0.717) is 22.3 Å². The predicted octanol–water partition coefficient (Wildman–Crippen LogP) is 4.85. The second-order valence-electron chi connectivity index (χ2n) is 5.99. The van der Waals surface area contributed by atoms with Gasteiger partial charge in [-0.15, -0.1) is 11.8 Å². The molecule has 0 fully saturated rings. The number of aliphatic carboxylic acids is 1. The van der Waals surface area contributed by atoms with Crippen LogP contribution in [0.15, 0.2) is 59.0 Å². The maximum atomic E-state index is 13.2. The van der Waals surface area contributed by atoms with E-state index in [2.05, 4.69) is 6.07 Å². The molecule has 2 aromatic carbocycles. The van der Waals surface area contributed by atoms with Gasteiger partial charge in [0.1, 0.15) is 10.2 Å². The second-order valence-corrected chi connectivity index (χ2v) is 7.14. The van der Waals surface area contributed by atoms with Gasteiger partial charge in [0.05, 0.1) is 23.3 Å². The lowest BCUT2D eigenvalue weighted by Gasteiger charge is -2.17. The number of allylic oxidation sites excluding steroid dienone is 2. The predicted molar refractivity (Wildman–Crippen MR) is 97.0 cm³/mol. The van der Waals surface area contributed by atoms with E-state index in [4.69, 9.17) is 0 Å². The Kier molecular flexibility index (Phi) is 5.17. The Morgan fingerprint density at radius 3 is 2.21 bits per heavy atom. The number of nitriles is 2. The number of nitrogens with zero attached hydrogens (tertiary/aromatic N) is 2. The van der Waals surface area contributed by atoms with Crippen molar-refractivity contribution >= 4 is 17.7 Å². The van der Waals surface area contributed by atoms with Gasteiger partial charge >= 0.3 is 12.1 Å². The molecule has 4 nitrogen and oxygen atoms in total. The van der Waals surface area contributed by atoms with Crippen molar-refractivity contribution in [3.05, 3.63) is 70.1 Å². The molecule has 0 radical (unpaired) electrons. The molecule has 1 heterocycles. The molecular weight excluding hydrogens is 389 g/mol. The summed E-state index contributed by atoms with van der Waals surface area (Å²) in [5, 5.41) is 26.4. The largest absolute Gasteiger partial charge is 0.480 e. The molecule has 0 aromatic heterocycles. The van der Waals surface area contributed by atoms with Gasteiger partial charge in [-0.25, -0.2) is 0 Å². The third-order valence-electron chi connectivity index (χ3n) is 4.35. The average Bonchev–Trinajstić information content (AvgIpc) is 3.08. The van der Waals surface area contributed by atoms with E-state index in [-0.39, 0.29) is 11.8 Å². The van der Waals surface area contributed by atoms with E-state index in [9.17, 15) is 33.6 Å². The molecule has 0 spiro atoms. The third-order valence-corrected chi connectivity index (χ3v) is 5.77. The van der Waals surface area contributed by atoms with E-state index in [1.54, 1.807) is 42.5 Å². The zero-order valence-corrected chi connectivity index (χ0v) is 14.9. The van der Waals surface area contributed by atoms with Crippen LogP contribution >= 0.6 is 11.8 Å². The summed E-state index contributed by atoms with van der Waals surface area (Å²) in [5.41, 5.74) is 1.46. The highest BCUT2D eigenvalue weighted by Crippen LogP contribution is 2.53. The topological polar surface area (TPSA) is 84.9 Å². The number of carboxylic acids is 1. The third kappa shape index (κ3) is 3.47. The summed E-state index contributed by atoms with van der Waals surface area (Å²) >= 11 is 0.158. The first-order chi connectivity index (χ1) is 13.3. The number of hydrogen-bond donors (Lipinski definition) is 1. The molecule has 1 aliphatic rings. The van der Waals surface area contributed by atoms with Crippen LogP contribution in [0.3, 0.4) is 0 Å². The normalized spacial score (nSPS) is 19.2. The Bertz CT molecular complexity index is 1050. The van der Waals surface area contributed by atoms with Crippen molar-refractivity contribution < 1.29 is 23.1 Å². The van der Waals surface area contributed by atoms with Crippen LogP contribution in [0.2, 0.25) is 0 Å². The van der Waals surface area contributed by atoms with Crippen LogP contribution in [-0.2, 0) is 4.79 Å². The highest BCUT2D eigenvalue weighted by molar-refractivity contribution is 8.04. The summed E-state index contributed by atoms with van der Waals surface area (Å²) in [6, 6.07) is 16.7. The Hall–Kier alpha value is -3.23. The van der Waals surface area contributed by atoms with Gasteiger partial charge in [0.25, 0.3) is 0 Å². The number of carboxylic acid groups (broad SMARTS) is 1. The summed E-state index contributed by atoms with van der Waals surface area (Å²) in [4.78, 5) is 10.4. The van der Waals surface area contributed by atoms with E-state index < -0.39 is 33.8 Å². The molecule has 2 unspecified atom stereocenters. The van der Waals surface area contributed by atoms with Gasteiger partial charge in [0.15, 0.2) is 0 Å². The van der Waals surface area contributed by atoms with Crippen LogP contribution in [0.1, 0.15) is 17.0 Å². The minimum absolute atomic E-state index is 0.158. The SMILES string of the molecule is N#CC1=C(C(F)(F)F)SC(C(=O)O)C1c1ccc(-c2ccccc2C#N)cc1. The average molecular weight is 400 g/mol. The molecule has 0 bridgehead atoms. The van der Waals surface area contributed by atoms with Crippen molar-refractivity contribution in [2.24, 2.45) is 0 Å². The van der Waals surface area contributed by atoms with Crippen molar-refractivity contribution in [3.8, 4) is 23.3 Å².